The highest BCUT2D eigenvalue weighted by Gasteiger charge is 2.19. The smallest absolute Gasteiger partial charge is 0.306 e. The summed E-state index contributed by atoms with van der Waals surface area (Å²) in [5, 5.41) is 0. The van der Waals surface area contributed by atoms with Crippen LogP contribution in [0, 0.1) is 0 Å². The molecular formula is C65H124O6. The van der Waals surface area contributed by atoms with E-state index in [1.165, 1.54) is 270 Å². The van der Waals surface area contributed by atoms with Crippen molar-refractivity contribution in [3.8, 4) is 0 Å². The number of hydrogen-bond donors (Lipinski definition) is 0. The average Bonchev–Trinajstić information content (AvgIpc) is 3.37. The van der Waals surface area contributed by atoms with Gasteiger partial charge < -0.3 is 14.2 Å². The van der Waals surface area contributed by atoms with Crippen molar-refractivity contribution >= 4 is 17.9 Å². The lowest BCUT2D eigenvalue weighted by molar-refractivity contribution is -0.167. The molecule has 1 atom stereocenters. The highest BCUT2D eigenvalue weighted by molar-refractivity contribution is 5.71. The van der Waals surface area contributed by atoms with Gasteiger partial charge in [0.2, 0.25) is 0 Å². The summed E-state index contributed by atoms with van der Waals surface area (Å²) >= 11 is 0. The first kappa shape index (κ1) is 69.2. The molecule has 0 aliphatic heterocycles. The van der Waals surface area contributed by atoms with Crippen LogP contribution < -0.4 is 0 Å². The Bertz CT molecular complexity index is 1100. The van der Waals surface area contributed by atoms with Crippen LogP contribution in [-0.2, 0) is 28.6 Å². The Morgan fingerprint density at radius 3 is 0.704 bits per heavy atom. The molecule has 0 aromatic rings. The fourth-order valence-corrected chi connectivity index (χ4v) is 9.91. The van der Waals surface area contributed by atoms with E-state index >= 15 is 0 Å². The van der Waals surface area contributed by atoms with Gasteiger partial charge in [-0.25, -0.2) is 0 Å². The molecule has 0 aliphatic rings. The first-order valence-corrected chi connectivity index (χ1v) is 32.2. The summed E-state index contributed by atoms with van der Waals surface area (Å²) in [6.45, 7) is 6.70. The molecule has 0 saturated carbocycles. The molecule has 0 rings (SSSR count). The fourth-order valence-electron chi connectivity index (χ4n) is 9.91. The molecule has 6 nitrogen and oxygen atoms in total. The second-order valence-corrected chi connectivity index (χ2v) is 22.0. The number of allylic oxidation sites excluding steroid dienone is 2. The lowest BCUT2D eigenvalue weighted by atomic mass is 10.0. The standard InChI is InChI=1S/C65H124O6/c1-4-7-10-13-16-19-22-25-26-27-28-29-30-31-32-33-34-35-36-37-38-41-43-46-49-52-55-58-64(67)70-61-62(71-65(68)59-56-53-50-47-44-40-24-21-18-15-12-9-6-3)60-69-63(66)57-54-51-48-45-42-39-23-20-17-14-11-8-5-2/h27-28,62H,4-26,29-61H2,1-3H3/b28-27-. The summed E-state index contributed by atoms with van der Waals surface area (Å²) in [6, 6.07) is 0. The molecule has 0 bridgehead atoms. The number of carbonyl (C=O) groups is 3. The van der Waals surface area contributed by atoms with Gasteiger partial charge in [0.25, 0.3) is 0 Å². The molecule has 71 heavy (non-hydrogen) atoms. The Kier molecular flexibility index (Phi) is 59.1. The van der Waals surface area contributed by atoms with Gasteiger partial charge in [-0.15, -0.1) is 0 Å². The average molecular weight is 1000 g/mol. The molecule has 0 spiro atoms. The summed E-state index contributed by atoms with van der Waals surface area (Å²) in [6.07, 6.45) is 70.9. The van der Waals surface area contributed by atoms with Gasteiger partial charge in [0.1, 0.15) is 13.2 Å². The van der Waals surface area contributed by atoms with Crippen molar-refractivity contribution in [2.24, 2.45) is 0 Å². The maximum atomic E-state index is 12.9. The summed E-state index contributed by atoms with van der Waals surface area (Å²) in [4.78, 5) is 38.2. The normalized spacial score (nSPS) is 12.0. The molecular weight excluding hydrogens is 877 g/mol. The zero-order chi connectivity index (χ0) is 51.4. The maximum absolute atomic E-state index is 12.9. The van der Waals surface area contributed by atoms with Crippen LogP contribution in [0.15, 0.2) is 12.2 Å². The first-order chi connectivity index (χ1) is 35.0. The Morgan fingerprint density at radius 2 is 0.465 bits per heavy atom. The second-order valence-electron chi connectivity index (χ2n) is 22.0. The number of carbonyl (C=O) groups excluding carboxylic acids is 3. The van der Waals surface area contributed by atoms with Gasteiger partial charge >= 0.3 is 17.9 Å². The van der Waals surface area contributed by atoms with Crippen molar-refractivity contribution in [3.05, 3.63) is 12.2 Å². The molecule has 0 aliphatic carbocycles. The SMILES string of the molecule is CCCCCCCCCC/C=C\CCCCCCCCCCCCCCCCCC(=O)OCC(COC(=O)CCCCCCCCCCCCCCC)OC(=O)CCCCCCCCCCCCCCC. The van der Waals surface area contributed by atoms with Crippen LogP contribution in [0.5, 0.6) is 0 Å². The van der Waals surface area contributed by atoms with Crippen LogP contribution >= 0.6 is 0 Å². The fraction of sp³-hybridized carbons (Fsp3) is 0.923. The van der Waals surface area contributed by atoms with Crippen molar-refractivity contribution < 1.29 is 28.6 Å². The maximum Gasteiger partial charge on any atom is 0.306 e. The van der Waals surface area contributed by atoms with Crippen LogP contribution in [0.2, 0.25) is 0 Å². The molecule has 0 aromatic carbocycles. The Morgan fingerprint density at radius 1 is 0.268 bits per heavy atom. The van der Waals surface area contributed by atoms with Crippen LogP contribution in [0.25, 0.3) is 0 Å². The van der Waals surface area contributed by atoms with Crippen molar-refractivity contribution in [2.75, 3.05) is 13.2 Å². The van der Waals surface area contributed by atoms with E-state index in [9.17, 15) is 14.4 Å². The quantitative estimate of drug-likeness (QED) is 0.0261. The topological polar surface area (TPSA) is 78.9 Å². The number of esters is 3. The largest absolute Gasteiger partial charge is 0.462 e. The molecule has 1 unspecified atom stereocenters. The van der Waals surface area contributed by atoms with E-state index < -0.39 is 6.10 Å². The Hall–Kier alpha value is -1.85. The highest BCUT2D eigenvalue weighted by atomic mass is 16.6. The molecule has 0 saturated heterocycles. The van der Waals surface area contributed by atoms with E-state index in [0.717, 1.165) is 57.8 Å². The molecule has 0 amide bonds. The van der Waals surface area contributed by atoms with E-state index in [0.29, 0.717) is 19.3 Å². The monoisotopic (exact) mass is 1000 g/mol. The van der Waals surface area contributed by atoms with Gasteiger partial charge in [0, 0.05) is 19.3 Å². The number of unbranched alkanes of at least 4 members (excludes halogenated alkanes) is 47. The van der Waals surface area contributed by atoms with Crippen LogP contribution in [0.1, 0.15) is 367 Å². The van der Waals surface area contributed by atoms with E-state index in [1.807, 2.05) is 0 Å². The second kappa shape index (κ2) is 60.7. The van der Waals surface area contributed by atoms with Gasteiger partial charge in [0.05, 0.1) is 0 Å². The minimum absolute atomic E-state index is 0.0629. The molecule has 0 fully saturated rings. The third-order valence-electron chi connectivity index (χ3n) is 14.8. The van der Waals surface area contributed by atoms with E-state index in [4.69, 9.17) is 14.2 Å². The van der Waals surface area contributed by atoms with Crippen molar-refractivity contribution in [2.45, 2.75) is 374 Å². The van der Waals surface area contributed by atoms with Crippen molar-refractivity contribution in [1.29, 1.82) is 0 Å². The highest BCUT2D eigenvalue weighted by Crippen LogP contribution is 2.18. The predicted molar refractivity (Wildman–Crippen MR) is 307 cm³/mol. The number of ether oxygens (including phenoxy) is 3. The number of rotatable bonds is 60. The van der Waals surface area contributed by atoms with Crippen LogP contribution in [0.4, 0.5) is 0 Å². The third kappa shape index (κ3) is 58.9. The minimum Gasteiger partial charge on any atom is -0.462 e. The zero-order valence-corrected chi connectivity index (χ0v) is 48.3. The molecule has 420 valence electrons. The molecule has 0 aromatic heterocycles. The molecule has 0 radical (unpaired) electrons. The molecule has 6 heteroatoms. The number of hydrogen-bond acceptors (Lipinski definition) is 6. The first-order valence-electron chi connectivity index (χ1n) is 32.2. The molecule has 0 N–H and O–H groups in total. The van der Waals surface area contributed by atoms with Crippen LogP contribution in [-0.4, -0.2) is 37.2 Å². The van der Waals surface area contributed by atoms with Gasteiger partial charge in [-0.3, -0.25) is 14.4 Å². The Labute approximate surface area is 443 Å². The van der Waals surface area contributed by atoms with E-state index in [-0.39, 0.29) is 31.1 Å². The van der Waals surface area contributed by atoms with Gasteiger partial charge in [0.15, 0.2) is 6.10 Å². The summed E-state index contributed by atoms with van der Waals surface area (Å²) in [5.74, 6) is -0.834. The summed E-state index contributed by atoms with van der Waals surface area (Å²) in [5.41, 5.74) is 0. The van der Waals surface area contributed by atoms with Crippen LogP contribution in [0.3, 0.4) is 0 Å². The zero-order valence-electron chi connectivity index (χ0n) is 48.3. The molecule has 0 heterocycles. The lowest BCUT2D eigenvalue weighted by Crippen LogP contribution is -2.30. The van der Waals surface area contributed by atoms with Crippen molar-refractivity contribution in [1.82, 2.24) is 0 Å². The van der Waals surface area contributed by atoms with E-state index in [1.54, 1.807) is 0 Å². The summed E-state index contributed by atoms with van der Waals surface area (Å²) < 4.78 is 16.9. The summed E-state index contributed by atoms with van der Waals surface area (Å²) in [7, 11) is 0. The van der Waals surface area contributed by atoms with Gasteiger partial charge in [-0.1, -0.05) is 315 Å². The lowest BCUT2D eigenvalue weighted by Gasteiger charge is -2.18. The van der Waals surface area contributed by atoms with Crippen molar-refractivity contribution in [3.63, 3.8) is 0 Å². The predicted octanol–water partition coefficient (Wildman–Crippen LogP) is 21.7. The minimum atomic E-state index is -0.763. The van der Waals surface area contributed by atoms with E-state index in [2.05, 4.69) is 32.9 Å². The Balaban J connectivity index is 4.14. The van der Waals surface area contributed by atoms with Gasteiger partial charge in [-0.2, -0.15) is 0 Å². The third-order valence-corrected chi connectivity index (χ3v) is 14.8. The van der Waals surface area contributed by atoms with Gasteiger partial charge in [-0.05, 0) is 44.9 Å².